The molecule has 0 aromatic carbocycles. The van der Waals surface area contributed by atoms with Crippen LogP contribution in [0.3, 0.4) is 0 Å². The Kier molecular flexibility index (Phi) is 4.12. The second-order valence-corrected chi connectivity index (χ2v) is 4.15. The van der Waals surface area contributed by atoms with Crippen LogP contribution in [0.4, 0.5) is 5.88 Å². The van der Waals surface area contributed by atoms with Gasteiger partial charge in [-0.1, -0.05) is 6.92 Å². The Labute approximate surface area is 119 Å². The van der Waals surface area contributed by atoms with Crippen molar-refractivity contribution in [3.8, 4) is 11.5 Å². The van der Waals surface area contributed by atoms with Crippen LogP contribution in [0.15, 0.2) is 27.8 Å². The molecule has 0 saturated carbocycles. The summed E-state index contributed by atoms with van der Waals surface area (Å²) in [4.78, 5) is 21.1. The Morgan fingerprint density at radius 3 is 3.00 bits per heavy atom. The van der Waals surface area contributed by atoms with Crippen LogP contribution in [0.2, 0.25) is 0 Å². The smallest absolute Gasteiger partial charge is 0.399 e. The van der Waals surface area contributed by atoms with Gasteiger partial charge in [0.15, 0.2) is 5.76 Å². The molecule has 0 aliphatic rings. The standard InChI is InChI=1S/C12H13N5O4/c1-3-10(18)14-13-6-8-7-16(2)15-12(8)9-4-5-11(21-9)17(19)20/h4-7H,3H2,1-2H3,(H,14,18). The molecule has 0 saturated heterocycles. The maximum absolute atomic E-state index is 11.1. The number of aryl methyl sites for hydroxylation is 1. The minimum atomic E-state index is -0.623. The second kappa shape index (κ2) is 5.99. The molecule has 9 heteroatoms. The van der Waals surface area contributed by atoms with E-state index in [-0.39, 0.29) is 17.6 Å². The van der Waals surface area contributed by atoms with E-state index in [1.165, 1.54) is 23.0 Å². The average Bonchev–Trinajstić information content (AvgIpc) is 3.05. The highest BCUT2D eigenvalue weighted by Crippen LogP contribution is 2.26. The number of carbonyl (C=O) groups excluding carboxylic acids is 1. The summed E-state index contributed by atoms with van der Waals surface area (Å²) in [6, 6.07) is 2.71. The highest BCUT2D eigenvalue weighted by Gasteiger charge is 2.17. The van der Waals surface area contributed by atoms with Crippen LogP contribution >= 0.6 is 0 Å². The summed E-state index contributed by atoms with van der Waals surface area (Å²) in [6.45, 7) is 1.71. The van der Waals surface area contributed by atoms with E-state index in [0.717, 1.165) is 0 Å². The first-order valence-electron chi connectivity index (χ1n) is 6.11. The van der Waals surface area contributed by atoms with Crippen LogP contribution in [0, 0.1) is 10.1 Å². The van der Waals surface area contributed by atoms with Gasteiger partial charge in [-0.3, -0.25) is 19.6 Å². The van der Waals surface area contributed by atoms with Crippen LogP contribution in [-0.2, 0) is 11.8 Å². The zero-order valence-corrected chi connectivity index (χ0v) is 11.4. The number of hydrazone groups is 1. The molecule has 9 nitrogen and oxygen atoms in total. The molecule has 1 amide bonds. The SMILES string of the molecule is CCC(=O)NN=Cc1cn(C)nc1-c1ccc([N+](=O)[O-])o1. The number of hydrogen-bond donors (Lipinski definition) is 1. The maximum Gasteiger partial charge on any atom is 0.433 e. The first-order chi connectivity index (χ1) is 10.0. The number of nitrogens with zero attached hydrogens (tertiary/aromatic N) is 4. The number of hydrogen-bond acceptors (Lipinski definition) is 6. The number of furan rings is 1. The molecule has 0 atom stereocenters. The van der Waals surface area contributed by atoms with Gasteiger partial charge in [-0.15, -0.1) is 0 Å². The summed E-state index contributed by atoms with van der Waals surface area (Å²) in [6.07, 6.45) is 3.39. The quantitative estimate of drug-likeness (QED) is 0.508. The van der Waals surface area contributed by atoms with E-state index < -0.39 is 4.92 Å². The van der Waals surface area contributed by atoms with Gasteiger partial charge in [0.2, 0.25) is 5.91 Å². The van der Waals surface area contributed by atoms with E-state index in [4.69, 9.17) is 4.42 Å². The predicted octanol–water partition coefficient (Wildman–Crippen LogP) is 1.45. The van der Waals surface area contributed by atoms with Crippen LogP contribution in [0.1, 0.15) is 18.9 Å². The third-order valence-corrected chi connectivity index (χ3v) is 2.58. The first-order valence-corrected chi connectivity index (χ1v) is 6.11. The molecule has 2 aromatic heterocycles. The van der Waals surface area contributed by atoms with Crippen molar-refractivity contribution in [2.75, 3.05) is 0 Å². The number of rotatable bonds is 5. The first kappa shape index (κ1) is 14.4. The molecule has 0 spiro atoms. The predicted molar refractivity (Wildman–Crippen MR) is 73.6 cm³/mol. The molecule has 2 heterocycles. The highest BCUT2D eigenvalue weighted by atomic mass is 16.6. The van der Waals surface area contributed by atoms with Crippen LogP contribution < -0.4 is 5.43 Å². The normalized spacial score (nSPS) is 11.0. The molecule has 0 aliphatic carbocycles. The molecule has 0 bridgehead atoms. The number of aromatic nitrogens is 2. The summed E-state index contributed by atoms with van der Waals surface area (Å²) < 4.78 is 6.63. The van der Waals surface area contributed by atoms with Gasteiger partial charge in [-0.25, -0.2) is 5.43 Å². The van der Waals surface area contributed by atoms with Gasteiger partial charge < -0.3 is 4.42 Å². The third kappa shape index (κ3) is 3.32. The molecule has 0 unspecified atom stereocenters. The molecule has 21 heavy (non-hydrogen) atoms. The number of amides is 1. The summed E-state index contributed by atoms with van der Waals surface area (Å²) in [7, 11) is 1.70. The summed E-state index contributed by atoms with van der Waals surface area (Å²) in [5.74, 6) is -0.325. The topological polar surface area (TPSA) is 116 Å². The fraction of sp³-hybridized carbons (Fsp3) is 0.250. The Bertz CT molecular complexity index is 700. The zero-order valence-electron chi connectivity index (χ0n) is 11.4. The van der Waals surface area contributed by atoms with Crippen molar-refractivity contribution < 1.29 is 14.1 Å². The highest BCUT2D eigenvalue weighted by molar-refractivity contribution is 5.88. The number of nitrogens with one attached hydrogen (secondary N) is 1. The van der Waals surface area contributed by atoms with Gasteiger partial charge in [0.25, 0.3) is 0 Å². The molecule has 1 N–H and O–H groups in total. The van der Waals surface area contributed by atoms with Crippen molar-refractivity contribution in [1.82, 2.24) is 15.2 Å². The lowest BCUT2D eigenvalue weighted by atomic mass is 10.2. The Morgan fingerprint density at radius 1 is 1.62 bits per heavy atom. The fourth-order valence-electron chi connectivity index (χ4n) is 1.60. The lowest BCUT2D eigenvalue weighted by Gasteiger charge is -1.94. The average molecular weight is 291 g/mol. The fourth-order valence-corrected chi connectivity index (χ4v) is 1.60. The monoisotopic (exact) mass is 291 g/mol. The molecule has 0 fully saturated rings. The van der Waals surface area contributed by atoms with E-state index in [0.29, 0.717) is 17.7 Å². The second-order valence-electron chi connectivity index (χ2n) is 4.15. The van der Waals surface area contributed by atoms with E-state index >= 15 is 0 Å². The van der Waals surface area contributed by atoms with E-state index in [9.17, 15) is 14.9 Å². The van der Waals surface area contributed by atoms with Crippen molar-refractivity contribution in [2.45, 2.75) is 13.3 Å². The minimum absolute atomic E-state index is 0.217. The summed E-state index contributed by atoms with van der Waals surface area (Å²) in [5.41, 5.74) is 3.32. The van der Waals surface area contributed by atoms with Crippen molar-refractivity contribution >= 4 is 18.0 Å². The minimum Gasteiger partial charge on any atom is -0.399 e. The van der Waals surface area contributed by atoms with Crippen molar-refractivity contribution in [3.63, 3.8) is 0 Å². The number of carbonyl (C=O) groups is 1. The van der Waals surface area contributed by atoms with E-state index in [1.54, 1.807) is 20.2 Å². The Morgan fingerprint density at radius 2 is 2.38 bits per heavy atom. The molecule has 0 radical (unpaired) electrons. The van der Waals surface area contributed by atoms with Crippen LogP contribution in [0.25, 0.3) is 11.5 Å². The molecule has 0 aliphatic heterocycles. The molecule has 2 aromatic rings. The van der Waals surface area contributed by atoms with Crippen molar-refractivity contribution in [2.24, 2.45) is 12.1 Å². The molecule has 110 valence electrons. The van der Waals surface area contributed by atoms with Crippen LogP contribution in [0.5, 0.6) is 0 Å². The largest absolute Gasteiger partial charge is 0.433 e. The lowest BCUT2D eigenvalue weighted by molar-refractivity contribution is -0.401. The van der Waals surface area contributed by atoms with Gasteiger partial charge in [0.1, 0.15) is 10.6 Å². The van der Waals surface area contributed by atoms with Gasteiger partial charge in [-0.2, -0.15) is 10.2 Å². The van der Waals surface area contributed by atoms with Crippen molar-refractivity contribution in [1.29, 1.82) is 0 Å². The van der Waals surface area contributed by atoms with E-state index in [1.807, 2.05) is 0 Å². The molecular weight excluding hydrogens is 278 g/mol. The Balaban J connectivity index is 2.27. The summed E-state index contributed by atoms with van der Waals surface area (Å²) >= 11 is 0. The van der Waals surface area contributed by atoms with E-state index in [2.05, 4.69) is 15.6 Å². The van der Waals surface area contributed by atoms with Gasteiger partial charge in [0, 0.05) is 25.2 Å². The maximum atomic E-state index is 11.1. The zero-order chi connectivity index (χ0) is 15.4. The van der Waals surface area contributed by atoms with Crippen LogP contribution in [-0.4, -0.2) is 26.8 Å². The Hall–Kier alpha value is -2.97. The summed E-state index contributed by atoms with van der Waals surface area (Å²) in [5, 5.41) is 18.6. The number of nitro groups is 1. The molecular formula is C12H13N5O4. The molecule has 2 rings (SSSR count). The van der Waals surface area contributed by atoms with Crippen molar-refractivity contribution in [3.05, 3.63) is 34.0 Å². The van der Waals surface area contributed by atoms with Gasteiger partial charge >= 0.3 is 5.88 Å². The van der Waals surface area contributed by atoms with Gasteiger partial charge in [0.05, 0.1) is 12.3 Å². The third-order valence-electron chi connectivity index (χ3n) is 2.58. The lowest BCUT2D eigenvalue weighted by Crippen LogP contribution is -2.15. The van der Waals surface area contributed by atoms with Gasteiger partial charge in [-0.05, 0) is 6.07 Å².